The van der Waals surface area contributed by atoms with Crippen molar-refractivity contribution in [2.24, 2.45) is 5.73 Å². The smallest absolute Gasteiger partial charge is 0.303 e. The van der Waals surface area contributed by atoms with E-state index in [2.05, 4.69) is 6.07 Å². The molecule has 1 aromatic rings. The summed E-state index contributed by atoms with van der Waals surface area (Å²) in [5, 5.41) is 8.65. The summed E-state index contributed by atoms with van der Waals surface area (Å²) in [6.45, 7) is 0. The van der Waals surface area contributed by atoms with Gasteiger partial charge in [0.05, 0.1) is 0 Å². The molecule has 1 unspecified atom stereocenters. The number of rotatable bonds is 4. The van der Waals surface area contributed by atoms with Crippen molar-refractivity contribution in [3.63, 3.8) is 0 Å². The summed E-state index contributed by atoms with van der Waals surface area (Å²) in [6, 6.07) is 6.08. The second-order valence-corrected chi connectivity index (χ2v) is 4.38. The van der Waals surface area contributed by atoms with Crippen LogP contribution in [0, 0.1) is 0 Å². The van der Waals surface area contributed by atoms with E-state index in [1.54, 1.807) is 0 Å². The Morgan fingerprint density at radius 2 is 2.25 bits per heavy atom. The lowest BCUT2D eigenvalue weighted by Gasteiger charge is -2.15. The highest BCUT2D eigenvalue weighted by Crippen LogP contribution is 2.29. The lowest BCUT2D eigenvalue weighted by molar-refractivity contribution is -0.137. The molecule has 86 valence electrons. The van der Waals surface area contributed by atoms with E-state index >= 15 is 0 Å². The first-order valence-electron chi connectivity index (χ1n) is 5.76. The molecular weight excluding hydrogens is 202 g/mol. The number of carboxylic acid groups (broad SMARTS) is 1. The molecule has 16 heavy (non-hydrogen) atoms. The third-order valence-corrected chi connectivity index (χ3v) is 3.25. The minimum atomic E-state index is -0.775. The highest BCUT2D eigenvalue weighted by molar-refractivity contribution is 5.66. The summed E-state index contributed by atoms with van der Waals surface area (Å²) in [5.41, 5.74) is 9.96. The van der Waals surface area contributed by atoms with Gasteiger partial charge in [0.1, 0.15) is 0 Å². The van der Waals surface area contributed by atoms with Gasteiger partial charge in [-0.15, -0.1) is 0 Å². The zero-order valence-corrected chi connectivity index (χ0v) is 9.28. The highest BCUT2D eigenvalue weighted by Gasteiger charge is 2.18. The van der Waals surface area contributed by atoms with E-state index in [1.165, 1.54) is 17.5 Å². The van der Waals surface area contributed by atoms with Gasteiger partial charge in [-0.25, -0.2) is 0 Å². The second-order valence-electron chi connectivity index (χ2n) is 4.38. The molecule has 0 spiro atoms. The van der Waals surface area contributed by atoms with E-state index in [-0.39, 0.29) is 12.5 Å². The van der Waals surface area contributed by atoms with Crippen molar-refractivity contribution in [2.45, 2.75) is 38.1 Å². The Kier molecular flexibility index (Phi) is 3.25. The third kappa shape index (κ3) is 2.25. The molecule has 1 aliphatic rings. The number of hydrogen-bond acceptors (Lipinski definition) is 2. The molecule has 1 aromatic carbocycles. The highest BCUT2D eigenvalue weighted by atomic mass is 16.4. The van der Waals surface area contributed by atoms with Crippen LogP contribution in [0.2, 0.25) is 0 Å². The predicted molar refractivity (Wildman–Crippen MR) is 62.3 cm³/mol. The average Bonchev–Trinajstić information content (AvgIpc) is 2.73. The van der Waals surface area contributed by atoms with Crippen LogP contribution in [0.5, 0.6) is 0 Å². The van der Waals surface area contributed by atoms with Crippen molar-refractivity contribution < 1.29 is 9.90 Å². The summed E-state index contributed by atoms with van der Waals surface area (Å²) in [7, 11) is 0. The quantitative estimate of drug-likeness (QED) is 0.814. The molecule has 3 N–H and O–H groups in total. The summed E-state index contributed by atoms with van der Waals surface area (Å²) in [6.07, 6.45) is 4.08. The van der Waals surface area contributed by atoms with Crippen LogP contribution in [0.4, 0.5) is 0 Å². The zero-order valence-electron chi connectivity index (χ0n) is 9.28. The van der Waals surface area contributed by atoms with E-state index in [1.807, 2.05) is 12.1 Å². The number of aliphatic carboxylic acids is 1. The van der Waals surface area contributed by atoms with Gasteiger partial charge in [-0.05, 0) is 42.4 Å². The first-order valence-corrected chi connectivity index (χ1v) is 5.76. The minimum Gasteiger partial charge on any atom is -0.481 e. The van der Waals surface area contributed by atoms with Gasteiger partial charge in [0.2, 0.25) is 0 Å². The topological polar surface area (TPSA) is 63.3 Å². The van der Waals surface area contributed by atoms with Crippen molar-refractivity contribution in [2.75, 3.05) is 0 Å². The van der Waals surface area contributed by atoms with Crippen LogP contribution >= 0.6 is 0 Å². The molecule has 1 atom stereocenters. The van der Waals surface area contributed by atoms with Crippen LogP contribution in [0.1, 0.15) is 42.0 Å². The second kappa shape index (κ2) is 4.66. The fourth-order valence-electron chi connectivity index (χ4n) is 2.43. The largest absolute Gasteiger partial charge is 0.481 e. The fraction of sp³-hybridized carbons (Fsp3) is 0.462. The number of carbonyl (C=O) groups is 1. The van der Waals surface area contributed by atoms with E-state index in [9.17, 15) is 4.79 Å². The van der Waals surface area contributed by atoms with E-state index in [0.717, 1.165) is 18.4 Å². The molecule has 0 radical (unpaired) electrons. The predicted octanol–water partition coefficient (Wildman–Crippen LogP) is 2.04. The van der Waals surface area contributed by atoms with Crippen molar-refractivity contribution in [3.05, 3.63) is 34.9 Å². The van der Waals surface area contributed by atoms with Gasteiger partial charge in [-0.1, -0.05) is 18.2 Å². The minimum absolute atomic E-state index is 0.135. The molecule has 2 rings (SSSR count). The van der Waals surface area contributed by atoms with E-state index < -0.39 is 5.97 Å². The molecule has 0 amide bonds. The Bertz CT molecular complexity index is 401. The maximum Gasteiger partial charge on any atom is 0.303 e. The zero-order chi connectivity index (χ0) is 11.5. The van der Waals surface area contributed by atoms with Crippen LogP contribution in [-0.4, -0.2) is 11.1 Å². The van der Waals surface area contributed by atoms with Gasteiger partial charge in [-0.2, -0.15) is 0 Å². The number of benzene rings is 1. The fourth-order valence-corrected chi connectivity index (χ4v) is 2.43. The van der Waals surface area contributed by atoms with Crippen molar-refractivity contribution >= 4 is 5.97 Å². The lowest BCUT2D eigenvalue weighted by Crippen LogP contribution is -2.14. The van der Waals surface area contributed by atoms with E-state index in [0.29, 0.717) is 6.42 Å². The molecular formula is C13H17NO2. The molecule has 0 saturated carbocycles. The van der Waals surface area contributed by atoms with Crippen molar-refractivity contribution in [3.8, 4) is 0 Å². The molecule has 3 heteroatoms. The first-order chi connectivity index (χ1) is 7.68. The first kappa shape index (κ1) is 11.1. The normalized spacial score (nSPS) is 15.8. The Morgan fingerprint density at radius 1 is 1.44 bits per heavy atom. The molecule has 1 aliphatic carbocycles. The molecule has 0 fully saturated rings. The number of carboxylic acids is 1. The van der Waals surface area contributed by atoms with Gasteiger partial charge in [-0.3, -0.25) is 4.79 Å². The number of nitrogens with two attached hydrogens (primary N) is 1. The van der Waals surface area contributed by atoms with E-state index in [4.69, 9.17) is 10.8 Å². The summed E-state index contributed by atoms with van der Waals surface area (Å²) in [5.74, 6) is -0.775. The Labute approximate surface area is 95.3 Å². The Balaban J connectivity index is 2.14. The van der Waals surface area contributed by atoms with Gasteiger partial charge < -0.3 is 10.8 Å². The van der Waals surface area contributed by atoms with Crippen LogP contribution in [0.25, 0.3) is 0 Å². The maximum atomic E-state index is 10.5. The molecule has 0 aliphatic heterocycles. The number of hydrogen-bond donors (Lipinski definition) is 2. The molecule has 0 saturated heterocycles. The summed E-state index contributed by atoms with van der Waals surface area (Å²) >= 11 is 0. The Morgan fingerprint density at radius 3 is 3.00 bits per heavy atom. The monoisotopic (exact) mass is 219 g/mol. The van der Waals surface area contributed by atoms with Crippen LogP contribution < -0.4 is 5.73 Å². The SMILES string of the molecule is NC(CCC(=O)O)c1cccc2c1CCC2. The van der Waals surface area contributed by atoms with Crippen LogP contribution in [0.3, 0.4) is 0 Å². The number of aryl methyl sites for hydroxylation is 1. The molecule has 0 bridgehead atoms. The van der Waals surface area contributed by atoms with Crippen LogP contribution in [0.15, 0.2) is 18.2 Å². The summed E-state index contributed by atoms with van der Waals surface area (Å²) in [4.78, 5) is 10.5. The van der Waals surface area contributed by atoms with Crippen molar-refractivity contribution in [1.82, 2.24) is 0 Å². The van der Waals surface area contributed by atoms with Gasteiger partial charge in [0.15, 0.2) is 0 Å². The summed E-state index contributed by atoms with van der Waals surface area (Å²) < 4.78 is 0. The molecule has 0 aromatic heterocycles. The third-order valence-electron chi connectivity index (χ3n) is 3.25. The van der Waals surface area contributed by atoms with Crippen LogP contribution in [-0.2, 0) is 17.6 Å². The van der Waals surface area contributed by atoms with Gasteiger partial charge >= 0.3 is 5.97 Å². The molecule has 0 heterocycles. The molecule has 3 nitrogen and oxygen atoms in total. The Hall–Kier alpha value is -1.35. The lowest BCUT2D eigenvalue weighted by atomic mass is 9.95. The number of fused-ring (bicyclic) bond motifs is 1. The van der Waals surface area contributed by atoms with Gasteiger partial charge in [0, 0.05) is 12.5 Å². The average molecular weight is 219 g/mol. The maximum absolute atomic E-state index is 10.5. The standard InChI is InChI=1S/C13H17NO2/c14-12(7-8-13(15)16)11-6-2-4-9-3-1-5-10(9)11/h2,4,6,12H,1,3,5,7-8,14H2,(H,15,16). The van der Waals surface area contributed by atoms with Gasteiger partial charge in [0.25, 0.3) is 0 Å². The van der Waals surface area contributed by atoms with Crippen molar-refractivity contribution in [1.29, 1.82) is 0 Å².